The van der Waals surface area contributed by atoms with E-state index in [1.807, 2.05) is 4.90 Å². The van der Waals surface area contributed by atoms with Crippen LogP contribution in [0.1, 0.15) is 62.7 Å². The minimum atomic E-state index is -0.0374. The summed E-state index contributed by atoms with van der Waals surface area (Å²) in [5.41, 5.74) is 0.556. The third kappa shape index (κ3) is 4.85. The number of methoxy groups -OCH3 is 2. The molecule has 1 heterocycles. The second kappa shape index (κ2) is 9.51. The Labute approximate surface area is 174 Å². The lowest BCUT2D eigenvalue weighted by Crippen LogP contribution is -2.49. The molecular weight excluding hydrogens is 368 g/mol. The van der Waals surface area contributed by atoms with E-state index in [9.17, 15) is 9.59 Å². The molecule has 6 heteroatoms. The zero-order valence-corrected chi connectivity index (χ0v) is 18.1. The van der Waals surface area contributed by atoms with Gasteiger partial charge < -0.3 is 19.3 Å². The highest BCUT2D eigenvalue weighted by Crippen LogP contribution is 2.30. The van der Waals surface area contributed by atoms with Crippen LogP contribution in [-0.2, 0) is 4.79 Å². The van der Waals surface area contributed by atoms with Crippen molar-refractivity contribution < 1.29 is 19.1 Å². The van der Waals surface area contributed by atoms with Crippen LogP contribution in [0.25, 0.3) is 0 Å². The molecule has 1 saturated carbocycles. The Morgan fingerprint density at radius 2 is 1.52 bits per heavy atom. The molecule has 1 aromatic carbocycles. The van der Waals surface area contributed by atoms with E-state index in [-0.39, 0.29) is 23.8 Å². The SMILES string of the molecule is COc1cc(OC)cc(C(=O)N2CCC(C(=O)N(C(C)C)C3CCCC3)CC2)c1. The lowest BCUT2D eigenvalue weighted by molar-refractivity contribution is -0.141. The van der Waals surface area contributed by atoms with E-state index in [0.29, 0.717) is 36.2 Å². The van der Waals surface area contributed by atoms with Gasteiger partial charge in [-0.1, -0.05) is 12.8 Å². The van der Waals surface area contributed by atoms with Gasteiger partial charge in [0.05, 0.1) is 14.2 Å². The Kier molecular flexibility index (Phi) is 7.04. The lowest BCUT2D eigenvalue weighted by Gasteiger charge is -2.38. The van der Waals surface area contributed by atoms with Crippen molar-refractivity contribution in [3.63, 3.8) is 0 Å². The van der Waals surface area contributed by atoms with Crippen LogP contribution in [0.5, 0.6) is 11.5 Å². The highest BCUT2D eigenvalue weighted by Gasteiger charge is 2.35. The Morgan fingerprint density at radius 3 is 2.00 bits per heavy atom. The van der Waals surface area contributed by atoms with Gasteiger partial charge in [0.2, 0.25) is 5.91 Å². The van der Waals surface area contributed by atoms with Crippen molar-refractivity contribution in [2.45, 2.75) is 64.5 Å². The fraction of sp³-hybridized carbons (Fsp3) is 0.652. The molecule has 3 rings (SSSR count). The van der Waals surface area contributed by atoms with E-state index in [1.165, 1.54) is 12.8 Å². The van der Waals surface area contributed by atoms with Crippen LogP contribution in [0.3, 0.4) is 0 Å². The number of likely N-dealkylation sites (tertiary alicyclic amines) is 1. The molecule has 160 valence electrons. The lowest BCUT2D eigenvalue weighted by atomic mass is 9.93. The van der Waals surface area contributed by atoms with Crippen molar-refractivity contribution in [3.8, 4) is 11.5 Å². The number of carbonyl (C=O) groups is 2. The number of nitrogens with zero attached hydrogens (tertiary/aromatic N) is 2. The molecule has 1 aromatic rings. The van der Waals surface area contributed by atoms with Crippen LogP contribution < -0.4 is 9.47 Å². The number of ether oxygens (including phenoxy) is 2. The molecule has 0 bridgehead atoms. The minimum Gasteiger partial charge on any atom is -0.497 e. The average Bonchev–Trinajstić information content (AvgIpc) is 3.26. The summed E-state index contributed by atoms with van der Waals surface area (Å²) < 4.78 is 10.6. The summed E-state index contributed by atoms with van der Waals surface area (Å²) in [5.74, 6) is 1.46. The van der Waals surface area contributed by atoms with Gasteiger partial charge in [-0.25, -0.2) is 0 Å². The molecule has 0 N–H and O–H groups in total. The van der Waals surface area contributed by atoms with Gasteiger partial charge >= 0.3 is 0 Å². The highest BCUT2D eigenvalue weighted by atomic mass is 16.5. The summed E-state index contributed by atoms with van der Waals surface area (Å²) in [5, 5.41) is 0. The number of hydrogen-bond acceptors (Lipinski definition) is 4. The maximum absolute atomic E-state index is 13.2. The van der Waals surface area contributed by atoms with Crippen LogP contribution in [0, 0.1) is 5.92 Å². The van der Waals surface area contributed by atoms with Crippen molar-refractivity contribution in [2.75, 3.05) is 27.3 Å². The molecule has 2 amide bonds. The van der Waals surface area contributed by atoms with E-state index in [1.54, 1.807) is 32.4 Å². The first-order valence-electron chi connectivity index (χ1n) is 10.8. The second-order valence-electron chi connectivity index (χ2n) is 8.45. The Balaban J connectivity index is 1.64. The van der Waals surface area contributed by atoms with E-state index in [0.717, 1.165) is 25.7 Å². The third-order valence-electron chi connectivity index (χ3n) is 6.26. The first-order valence-corrected chi connectivity index (χ1v) is 10.8. The second-order valence-corrected chi connectivity index (χ2v) is 8.45. The summed E-state index contributed by atoms with van der Waals surface area (Å²) in [6.07, 6.45) is 6.14. The molecule has 2 fully saturated rings. The first-order chi connectivity index (χ1) is 13.9. The average molecular weight is 403 g/mol. The number of amides is 2. The van der Waals surface area contributed by atoms with E-state index >= 15 is 0 Å². The van der Waals surface area contributed by atoms with Gasteiger partial charge in [-0.3, -0.25) is 9.59 Å². The van der Waals surface area contributed by atoms with E-state index in [4.69, 9.17) is 9.47 Å². The monoisotopic (exact) mass is 402 g/mol. The number of hydrogen-bond donors (Lipinski definition) is 0. The van der Waals surface area contributed by atoms with Crippen molar-refractivity contribution in [1.29, 1.82) is 0 Å². The summed E-state index contributed by atoms with van der Waals surface area (Å²) in [6, 6.07) is 5.86. The number of piperidine rings is 1. The zero-order valence-electron chi connectivity index (χ0n) is 18.1. The van der Waals surface area contributed by atoms with Crippen LogP contribution in [0.15, 0.2) is 18.2 Å². The van der Waals surface area contributed by atoms with Crippen molar-refractivity contribution >= 4 is 11.8 Å². The topological polar surface area (TPSA) is 59.1 Å². The van der Waals surface area contributed by atoms with Crippen molar-refractivity contribution in [2.24, 2.45) is 5.92 Å². The molecule has 1 aliphatic carbocycles. The normalized spacial score (nSPS) is 18.2. The smallest absolute Gasteiger partial charge is 0.254 e. The van der Waals surface area contributed by atoms with Crippen LogP contribution in [0.2, 0.25) is 0 Å². The predicted octanol–water partition coefficient (Wildman–Crippen LogP) is 3.74. The van der Waals surface area contributed by atoms with Gasteiger partial charge in [-0.2, -0.15) is 0 Å². The summed E-state index contributed by atoms with van der Waals surface area (Å²) in [4.78, 5) is 30.2. The Morgan fingerprint density at radius 1 is 0.966 bits per heavy atom. The predicted molar refractivity (Wildman–Crippen MR) is 112 cm³/mol. The maximum atomic E-state index is 13.2. The van der Waals surface area contributed by atoms with Crippen molar-refractivity contribution in [3.05, 3.63) is 23.8 Å². The van der Waals surface area contributed by atoms with E-state index < -0.39 is 0 Å². The number of carbonyl (C=O) groups excluding carboxylic acids is 2. The largest absolute Gasteiger partial charge is 0.497 e. The standard InChI is InChI=1S/C23H34N2O4/c1-16(2)25(19-7-5-6-8-19)23(27)17-9-11-24(12-10-17)22(26)18-13-20(28-3)15-21(14-18)29-4/h13-17,19H,5-12H2,1-4H3. The number of benzene rings is 1. The number of rotatable bonds is 6. The molecule has 29 heavy (non-hydrogen) atoms. The maximum Gasteiger partial charge on any atom is 0.254 e. The summed E-state index contributed by atoms with van der Waals surface area (Å²) in [6.45, 7) is 5.44. The van der Waals surface area contributed by atoms with Gasteiger partial charge in [0, 0.05) is 42.7 Å². The van der Waals surface area contributed by atoms with Crippen LogP contribution >= 0.6 is 0 Å². The fourth-order valence-corrected chi connectivity index (χ4v) is 4.69. The minimum absolute atomic E-state index is 0.0156. The molecular formula is C23H34N2O4. The molecule has 0 radical (unpaired) electrons. The molecule has 0 atom stereocenters. The zero-order chi connectivity index (χ0) is 21.0. The molecule has 0 unspecified atom stereocenters. The third-order valence-corrected chi connectivity index (χ3v) is 6.26. The molecule has 2 aliphatic rings. The first kappa shape index (κ1) is 21.5. The van der Waals surface area contributed by atoms with E-state index in [2.05, 4.69) is 18.7 Å². The molecule has 6 nitrogen and oxygen atoms in total. The Bertz CT molecular complexity index is 697. The fourth-order valence-electron chi connectivity index (χ4n) is 4.69. The van der Waals surface area contributed by atoms with Gasteiger partial charge in [0.15, 0.2) is 0 Å². The molecule has 1 saturated heterocycles. The quantitative estimate of drug-likeness (QED) is 0.727. The highest BCUT2D eigenvalue weighted by molar-refractivity contribution is 5.95. The van der Waals surface area contributed by atoms with Crippen molar-refractivity contribution in [1.82, 2.24) is 9.80 Å². The molecule has 1 aliphatic heterocycles. The summed E-state index contributed by atoms with van der Waals surface area (Å²) in [7, 11) is 3.15. The molecule has 0 spiro atoms. The van der Waals surface area contributed by atoms with Crippen LogP contribution in [-0.4, -0.2) is 61.0 Å². The van der Waals surface area contributed by atoms with Gasteiger partial charge in [-0.05, 0) is 51.7 Å². The van der Waals surface area contributed by atoms with Gasteiger partial charge in [0.1, 0.15) is 11.5 Å². The summed E-state index contributed by atoms with van der Waals surface area (Å²) >= 11 is 0. The van der Waals surface area contributed by atoms with Gasteiger partial charge in [-0.15, -0.1) is 0 Å². The molecule has 0 aromatic heterocycles. The Hall–Kier alpha value is -2.24. The van der Waals surface area contributed by atoms with Gasteiger partial charge in [0.25, 0.3) is 5.91 Å². The van der Waals surface area contributed by atoms with Crippen LogP contribution in [0.4, 0.5) is 0 Å².